The number of hydrogen-bond donors (Lipinski definition) is 2. The third kappa shape index (κ3) is 3.04. The Labute approximate surface area is 107 Å². The molecule has 0 bridgehead atoms. The molecule has 18 heavy (non-hydrogen) atoms. The van der Waals surface area contributed by atoms with Gasteiger partial charge in [-0.25, -0.2) is 4.98 Å². The summed E-state index contributed by atoms with van der Waals surface area (Å²) >= 11 is 1.38. The van der Waals surface area contributed by atoms with E-state index in [-0.39, 0.29) is 18.7 Å². The van der Waals surface area contributed by atoms with Crippen molar-refractivity contribution >= 4 is 38.6 Å². The van der Waals surface area contributed by atoms with Gasteiger partial charge in [0, 0.05) is 6.42 Å². The predicted molar refractivity (Wildman–Crippen MR) is 69.9 cm³/mol. The second kappa shape index (κ2) is 5.14. The number of anilines is 1. The van der Waals surface area contributed by atoms with Crippen molar-refractivity contribution in [1.82, 2.24) is 4.98 Å². The monoisotopic (exact) mass is 264 g/mol. The number of benzene rings is 1. The molecule has 0 radical (unpaired) electrons. The van der Waals surface area contributed by atoms with E-state index in [0.29, 0.717) is 5.13 Å². The molecule has 0 aliphatic rings. The van der Waals surface area contributed by atoms with Gasteiger partial charge in [0.25, 0.3) is 0 Å². The van der Waals surface area contributed by atoms with E-state index >= 15 is 0 Å². The standard InChI is InChI=1S/C12H12N2O3S/c1-7-2-3-9-8(6-7)13-12(18-9)14-10(15)4-5-11(16)17/h2-3,6H,4-5H2,1H3,(H,16,17)(H,13,14,15). The first-order valence-electron chi connectivity index (χ1n) is 5.43. The van der Waals surface area contributed by atoms with Crippen LogP contribution in [0, 0.1) is 6.92 Å². The van der Waals surface area contributed by atoms with Gasteiger partial charge in [0.15, 0.2) is 5.13 Å². The van der Waals surface area contributed by atoms with Crippen molar-refractivity contribution in [3.63, 3.8) is 0 Å². The molecule has 2 aromatic rings. The minimum atomic E-state index is -0.981. The highest BCUT2D eigenvalue weighted by Gasteiger charge is 2.09. The first-order chi connectivity index (χ1) is 8.54. The molecule has 0 unspecified atom stereocenters. The van der Waals surface area contributed by atoms with Crippen molar-refractivity contribution in [3.8, 4) is 0 Å². The number of carbonyl (C=O) groups excluding carboxylic acids is 1. The van der Waals surface area contributed by atoms with Crippen LogP contribution in [0.5, 0.6) is 0 Å². The van der Waals surface area contributed by atoms with Crippen LogP contribution in [0.25, 0.3) is 10.2 Å². The Balaban J connectivity index is 2.07. The Bertz CT molecular complexity index is 606. The summed E-state index contributed by atoms with van der Waals surface area (Å²) in [5, 5.41) is 11.6. The molecule has 2 rings (SSSR count). The average Bonchev–Trinajstić information content (AvgIpc) is 2.67. The SMILES string of the molecule is Cc1ccc2sc(NC(=O)CCC(=O)O)nc2c1. The molecule has 0 aliphatic heterocycles. The molecule has 1 aromatic carbocycles. The number of carbonyl (C=O) groups is 2. The van der Waals surface area contributed by atoms with Crippen molar-refractivity contribution in [2.75, 3.05) is 5.32 Å². The van der Waals surface area contributed by atoms with E-state index in [9.17, 15) is 9.59 Å². The smallest absolute Gasteiger partial charge is 0.303 e. The summed E-state index contributed by atoms with van der Waals surface area (Å²) in [6.07, 6.45) is -0.208. The van der Waals surface area contributed by atoms with E-state index in [4.69, 9.17) is 5.11 Å². The van der Waals surface area contributed by atoms with Crippen molar-refractivity contribution in [1.29, 1.82) is 0 Å². The lowest BCUT2D eigenvalue weighted by atomic mass is 10.2. The molecule has 0 saturated carbocycles. The molecule has 6 heteroatoms. The summed E-state index contributed by atoms with van der Waals surface area (Å²) in [6, 6.07) is 5.88. The molecule has 0 aliphatic carbocycles. The number of aliphatic carboxylic acids is 1. The number of aryl methyl sites for hydroxylation is 1. The van der Waals surface area contributed by atoms with Gasteiger partial charge in [-0.15, -0.1) is 0 Å². The van der Waals surface area contributed by atoms with E-state index in [1.165, 1.54) is 11.3 Å². The Morgan fingerprint density at radius 1 is 1.39 bits per heavy atom. The topological polar surface area (TPSA) is 79.3 Å². The number of carboxylic acids is 1. The van der Waals surface area contributed by atoms with Crippen LogP contribution in [0.15, 0.2) is 18.2 Å². The first-order valence-corrected chi connectivity index (χ1v) is 6.25. The van der Waals surface area contributed by atoms with Gasteiger partial charge in [-0.3, -0.25) is 9.59 Å². The summed E-state index contributed by atoms with van der Waals surface area (Å²) in [7, 11) is 0. The van der Waals surface area contributed by atoms with Crippen LogP contribution in [0.3, 0.4) is 0 Å². The number of carboxylic acid groups (broad SMARTS) is 1. The fraction of sp³-hybridized carbons (Fsp3) is 0.250. The van der Waals surface area contributed by atoms with E-state index in [1.54, 1.807) is 0 Å². The number of fused-ring (bicyclic) bond motifs is 1. The van der Waals surface area contributed by atoms with Crippen LogP contribution >= 0.6 is 11.3 Å². The molecule has 1 amide bonds. The summed E-state index contributed by atoms with van der Waals surface area (Å²) in [5.41, 5.74) is 1.95. The third-order valence-electron chi connectivity index (χ3n) is 2.36. The fourth-order valence-corrected chi connectivity index (χ4v) is 2.36. The molecule has 1 heterocycles. The normalized spacial score (nSPS) is 10.5. The van der Waals surface area contributed by atoms with E-state index in [0.717, 1.165) is 15.8 Å². The second-order valence-electron chi connectivity index (χ2n) is 3.93. The third-order valence-corrected chi connectivity index (χ3v) is 3.31. The second-order valence-corrected chi connectivity index (χ2v) is 4.96. The van der Waals surface area contributed by atoms with E-state index in [1.807, 2.05) is 25.1 Å². The summed E-state index contributed by atoms with van der Waals surface area (Å²) in [5.74, 6) is -1.31. The zero-order chi connectivity index (χ0) is 13.1. The van der Waals surface area contributed by atoms with Gasteiger partial charge in [0.05, 0.1) is 16.6 Å². The van der Waals surface area contributed by atoms with E-state index in [2.05, 4.69) is 10.3 Å². The number of hydrogen-bond acceptors (Lipinski definition) is 4. The molecule has 0 spiro atoms. The lowest BCUT2D eigenvalue weighted by molar-refractivity contribution is -0.138. The van der Waals surface area contributed by atoms with Gasteiger partial charge < -0.3 is 10.4 Å². The highest BCUT2D eigenvalue weighted by atomic mass is 32.1. The number of rotatable bonds is 4. The summed E-state index contributed by atoms with van der Waals surface area (Å²) in [6.45, 7) is 1.98. The summed E-state index contributed by atoms with van der Waals surface area (Å²) in [4.78, 5) is 26.1. The zero-order valence-electron chi connectivity index (χ0n) is 9.77. The molecule has 94 valence electrons. The molecule has 5 nitrogen and oxygen atoms in total. The maximum Gasteiger partial charge on any atom is 0.303 e. The van der Waals surface area contributed by atoms with Crippen molar-refractivity contribution in [2.45, 2.75) is 19.8 Å². The predicted octanol–water partition coefficient (Wildman–Crippen LogP) is 2.41. The van der Waals surface area contributed by atoms with Gasteiger partial charge >= 0.3 is 5.97 Å². The molecule has 0 atom stereocenters. The largest absolute Gasteiger partial charge is 0.481 e. The molecule has 0 saturated heterocycles. The molecule has 2 N–H and O–H groups in total. The number of nitrogens with one attached hydrogen (secondary N) is 1. The lowest BCUT2D eigenvalue weighted by Gasteiger charge is -1.98. The zero-order valence-corrected chi connectivity index (χ0v) is 10.6. The van der Waals surface area contributed by atoms with Crippen molar-refractivity contribution in [2.24, 2.45) is 0 Å². The van der Waals surface area contributed by atoms with Crippen LogP contribution in [0.1, 0.15) is 18.4 Å². The van der Waals surface area contributed by atoms with Crippen LogP contribution in [-0.2, 0) is 9.59 Å². The van der Waals surface area contributed by atoms with Gasteiger partial charge in [-0.1, -0.05) is 17.4 Å². The molecule has 0 fully saturated rings. The van der Waals surface area contributed by atoms with Gasteiger partial charge in [-0.2, -0.15) is 0 Å². The van der Waals surface area contributed by atoms with Crippen LogP contribution < -0.4 is 5.32 Å². The van der Waals surface area contributed by atoms with Crippen LogP contribution in [0.4, 0.5) is 5.13 Å². The molecule has 1 aromatic heterocycles. The maximum atomic E-state index is 11.5. The highest BCUT2D eigenvalue weighted by molar-refractivity contribution is 7.22. The van der Waals surface area contributed by atoms with E-state index < -0.39 is 5.97 Å². The number of nitrogens with zero attached hydrogens (tertiary/aromatic N) is 1. The Kier molecular flexibility index (Phi) is 3.57. The van der Waals surface area contributed by atoms with Crippen LogP contribution in [0.2, 0.25) is 0 Å². The van der Waals surface area contributed by atoms with Crippen molar-refractivity contribution < 1.29 is 14.7 Å². The number of amides is 1. The molecular formula is C12H12N2O3S. The van der Waals surface area contributed by atoms with Crippen LogP contribution in [-0.4, -0.2) is 22.0 Å². The van der Waals surface area contributed by atoms with Gasteiger partial charge in [0.1, 0.15) is 0 Å². The maximum absolute atomic E-state index is 11.5. The Morgan fingerprint density at radius 2 is 2.17 bits per heavy atom. The number of thiazole rings is 1. The Hall–Kier alpha value is -1.95. The minimum Gasteiger partial charge on any atom is -0.481 e. The first kappa shape index (κ1) is 12.5. The average molecular weight is 264 g/mol. The highest BCUT2D eigenvalue weighted by Crippen LogP contribution is 2.26. The van der Waals surface area contributed by atoms with Gasteiger partial charge in [0.2, 0.25) is 5.91 Å². The molecular weight excluding hydrogens is 252 g/mol. The summed E-state index contributed by atoms with van der Waals surface area (Å²) < 4.78 is 0.995. The fourth-order valence-electron chi connectivity index (χ4n) is 1.49. The lowest BCUT2D eigenvalue weighted by Crippen LogP contribution is -2.12. The number of aromatic nitrogens is 1. The quantitative estimate of drug-likeness (QED) is 0.888. The van der Waals surface area contributed by atoms with Crippen molar-refractivity contribution in [3.05, 3.63) is 23.8 Å². The van der Waals surface area contributed by atoms with Gasteiger partial charge in [-0.05, 0) is 24.6 Å². The minimum absolute atomic E-state index is 0.0374. The Morgan fingerprint density at radius 3 is 2.89 bits per heavy atom.